The molecular formula is C9H16N2O4. The molecule has 2 amide bonds. The molecule has 0 aromatic rings. The number of hydrogen-bond acceptors (Lipinski definition) is 3. The first-order valence-corrected chi connectivity index (χ1v) is 4.89. The van der Waals surface area contributed by atoms with Crippen molar-refractivity contribution in [1.29, 1.82) is 0 Å². The lowest BCUT2D eigenvalue weighted by Crippen LogP contribution is -2.61. The average molecular weight is 216 g/mol. The van der Waals surface area contributed by atoms with E-state index in [0.717, 1.165) is 6.42 Å². The molecule has 1 aliphatic rings. The third-order valence-corrected chi connectivity index (χ3v) is 2.74. The largest absolute Gasteiger partial charge is 0.480 e. The maximum Gasteiger partial charge on any atom is 0.329 e. The number of carbonyl (C=O) groups is 2. The predicted octanol–water partition coefficient (Wildman–Crippen LogP) is -0.373. The van der Waals surface area contributed by atoms with Crippen LogP contribution in [0.3, 0.4) is 0 Å². The Labute approximate surface area is 87.9 Å². The molecular weight excluding hydrogens is 200 g/mol. The molecule has 0 atom stereocenters. The van der Waals surface area contributed by atoms with Crippen molar-refractivity contribution in [3.63, 3.8) is 0 Å². The van der Waals surface area contributed by atoms with Gasteiger partial charge >= 0.3 is 12.0 Å². The molecule has 0 heterocycles. The van der Waals surface area contributed by atoms with Gasteiger partial charge in [-0.25, -0.2) is 9.59 Å². The predicted molar refractivity (Wildman–Crippen MR) is 52.5 cm³/mol. The van der Waals surface area contributed by atoms with E-state index >= 15 is 0 Å². The smallest absolute Gasteiger partial charge is 0.329 e. The topological polar surface area (TPSA) is 89.9 Å². The average Bonchev–Trinajstić information content (AvgIpc) is 2.10. The van der Waals surface area contributed by atoms with E-state index in [4.69, 9.17) is 10.2 Å². The number of amides is 2. The van der Waals surface area contributed by atoms with Gasteiger partial charge in [-0.1, -0.05) is 0 Å². The third-order valence-electron chi connectivity index (χ3n) is 2.74. The Morgan fingerprint density at radius 3 is 2.40 bits per heavy atom. The van der Waals surface area contributed by atoms with Crippen molar-refractivity contribution in [2.24, 2.45) is 0 Å². The summed E-state index contributed by atoms with van der Waals surface area (Å²) in [6, 6.07) is -0.453. The molecule has 0 saturated heterocycles. The lowest BCUT2D eigenvalue weighted by atomic mass is 9.77. The second-order valence-electron chi connectivity index (χ2n) is 3.82. The van der Waals surface area contributed by atoms with Crippen LogP contribution in [0, 0.1) is 0 Å². The fraction of sp³-hybridized carbons (Fsp3) is 0.778. The Bertz CT molecular complexity index is 263. The van der Waals surface area contributed by atoms with Crippen molar-refractivity contribution in [1.82, 2.24) is 10.2 Å². The summed E-state index contributed by atoms with van der Waals surface area (Å²) < 4.78 is 0. The van der Waals surface area contributed by atoms with E-state index in [1.807, 2.05) is 0 Å². The van der Waals surface area contributed by atoms with Crippen LogP contribution in [0.25, 0.3) is 0 Å². The molecule has 3 N–H and O–H groups in total. The Balaban J connectivity index is 2.52. The highest BCUT2D eigenvalue weighted by Crippen LogP contribution is 2.32. The van der Waals surface area contributed by atoms with Gasteiger partial charge in [0.1, 0.15) is 5.54 Å². The Morgan fingerprint density at radius 2 is 2.07 bits per heavy atom. The second kappa shape index (κ2) is 4.48. The van der Waals surface area contributed by atoms with E-state index in [1.165, 1.54) is 11.9 Å². The molecule has 0 bridgehead atoms. The quantitative estimate of drug-likeness (QED) is 0.598. The molecule has 6 heteroatoms. The van der Waals surface area contributed by atoms with Crippen LogP contribution >= 0.6 is 0 Å². The number of rotatable bonds is 4. The number of carboxylic acids is 1. The van der Waals surface area contributed by atoms with E-state index in [-0.39, 0.29) is 13.2 Å². The summed E-state index contributed by atoms with van der Waals surface area (Å²) in [7, 11) is 1.51. The number of carboxylic acid groups (broad SMARTS) is 1. The summed E-state index contributed by atoms with van der Waals surface area (Å²) in [4.78, 5) is 23.7. The van der Waals surface area contributed by atoms with Crippen LogP contribution in [-0.4, -0.2) is 52.9 Å². The fourth-order valence-electron chi connectivity index (χ4n) is 1.47. The Morgan fingerprint density at radius 1 is 1.47 bits per heavy atom. The van der Waals surface area contributed by atoms with Gasteiger partial charge < -0.3 is 20.4 Å². The van der Waals surface area contributed by atoms with E-state index in [9.17, 15) is 9.59 Å². The molecule has 86 valence electrons. The zero-order valence-electron chi connectivity index (χ0n) is 8.69. The summed E-state index contributed by atoms with van der Waals surface area (Å²) in [5, 5.41) is 20.1. The van der Waals surface area contributed by atoms with E-state index in [0.29, 0.717) is 12.8 Å². The van der Waals surface area contributed by atoms with Gasteiger partial charge in [-0.3, -0.25) is 0 Å². The first-order chi connectivity index (χ1) is 7.02. The molecule has 1 aliphatic carbocycles. The lowest BCUT2D eigenvalue weighted by molar-refractivity contribution is -0.148. The van der Waals surface area contributed by atoms with Crippen molar-refractivity contribution >= 4 is 12.0 Å². The Hall–Kier alpha value is -1.30. The highest BCUT2D eigenvalue weighted by molar-refractivity contribution is 5.87. The van der Waals surface area contributed by atoms with E-state index in [2.05, 4.69) is 5.32 Å². The number of nitrogens with one attached hydrogen (secondary N) is 1. The molecule has 0 spiro atoms. The number of carbonyl (C=O) groups excluding carboxylic acids is 1. The van der Waals surface area contributed by atoms with Crippen molar-refractivity contribution in [2.45, 2.75) is 24.8 Å². The summed E-state index contributed by atoms with van der Waals surface area (Å²) in [6.45, 7) is 0.0610. The Kier molecular flexibility index (Phi) is 3.52. The number of likely N-dealkylation sites (N-methyl/N-ethyl adjacent to an activating group) is 1. The molecule has 0 radical (unpaired) electrons. The summed E-state index contributed by atoms with van der Waals surface area (Å²) in [6.07, 6.45) is 1.76. The molecule has 0 aromatic heterocycles. The maximum atomic E-state index is 11.5. The first-order valence-electron chi connectivity index (χ1n) is 4.89. The molecule has 1 rings (SSSR count). The normalized spacial score (nSPS) is 17.7. The van der Waals surface area contributed by atoms with Crippen LogP contribution in [0.2, 0.25) is 0 Å². The summed E-state index contributed by atoms with van der Waals surface area (Å²) >= 11 is 0. The van der Waals surface area contributed by atoms with Gasteiger partial charge in [0.25, 0.3) is 0 Å². The van der Waals surface area contributed by atoms with E-state index < -0.39 is 17.5 Å². The van der Waals surface area contributed by atoms with Gasteiger partial charge in [0.15, 0.2) is 0 Å². The number of aliphatic hydroxyl groups is 1. The van der Waals surface area contributed by atoms with Crippen LogP contribution in [0.15, 0.2) is 0 Å². The van der Waals surface area contributed by atoms with Crippen LogP contribution < -0.4 is 5.32 Å². The summed E-state index contributed by atoms with van der Waals surface area (Å²) in [5.74, 6) is -0.987. The number of nitrogens with zero attached hydrogens (tertiary/aromatic N) is 1. The van der Waals surface area contributed by atoms with Gasteiger partial charge in [-0.15, -0.1) is 0 Å². The SMILES string of the molecule is CN(CCO)C(=O)NC1(C(=O)O)CCC1. The third kappa shape index (κ3) is 2.38. The second-order valence-corrected chi connectivity index (χ2v) is 3.82. The summed E-state index contributed by atoms with van der Waals surface area (Å²) in [5.41, 5.74) is -1.08. The number of hydrogen-bond donors (Lipinski definition) is 3. The van der Waals surface area contributed by atoms with Gasteiger partial charge in [-0.2, -0.15) is 0 Å². The fourth-order valence-corrected chi connectivity index (χ4v) is 1.47. The molecule has 6 nitrogen and oxygen atoms in total. The van der Waals surface area contributed by atoms with Gasteiger partial charge in [-0.05, 0) is 19.3 Å². The van der Waals surface area contributed by atoms with E-state index in [1.54, 1.807) is 0 Å². The van der Waals surface area contributed by atoms with Crippen LogP contribution in [0.1, 0.15) is 19.3 Å². The minimum atomic E-state index is -1.08. The van der Waals surface area contributed by atoms with Crippen molar-refractivity contribution in [3.8, 4) is 0 Å². The zero-order chi connectivity index (χ0) is 11.5. The van der Waals surface area contributed by atoms with Crippen LogP contribution in [0.4, 0.5) is 4.79 Å². The van der Waals surface area contributed by atoms with Crippen LogP contribution in [-0.2, 0) is 4.79 Å². The van der Waals surface area contributed by atoms with Gasteiger partial charge in [0.05, 0.1) is 6.61 Å². The molecule has 15 heavy (non-hydrogen) atoms. The number of aliphatic carboxylic acids is 1. The molecule has 0 aromatic carbocycles. The zero-order valence-corrected chi connectivity index (χ0v) is 8.69. The van der Waals surface area contributed by atoms with Crippen molar-refractivity contribution < 1.29 is 19.8 Å². The highest BCUT2D eigenvalue weighted by atomic mass is 16.4. The van der Waals surface area contributed by atoms with Crippen molar-refractivity contribution in [3.05, 3.63) is 0 Å². The highest BCUT2D eigenvalue weighted by Gasteiger charge is 2.46. The van der Waals surface area contributed by atoms with Crippen LogP contribution in [0.5, 0.6) is 0 Å². The minimum Gasteiger partial charge on any atom is -0.480 e. The van der Waals surface area contributed by atoms with Crippen molar-refractivity contribution in [2.75, 3.05) is 20.2 Å². The standard InChI is InChI=1S/C9H16N2O4/c1-11(5-6-12)8(15)10-9(7(13)14)3-2-4-9/h12H,2-6H2,1H3,(H,10,15)(H,13,14). The monoisotopic (exact) mass is 216 g/mol. The molecule has 1 fully saturated rings. The first kappa shape index (κ1) is 11.8. The minimum absolute atomic E-state index is 0.135. The van der Waals surface area contributed by atoms with Gasteiger partial charge in [0.2, 0.25) is 0 Å². The number of aliphatic hydroxyl groups excluding tert-OH is 1. The maximum absolute atomic E-state index is 11.5. The number of urea groups is 1. The molecule has 0 aliphatic heterocycles. The van der Waals surface area contributed by atoms with Gasteiger partial charge in [0, 0.05) is 13.6 Å². The molecule has 1 saturated carbocycles. The lowest BCUT2D eigenvalue weighted by Gasteiger charge is -2.39. The molecule has 0 unspecified atom stereocenters.